The average molecular weight is 355 g/mol. The first kappa shape index (κ1) is 18.6. The van der Waals surface area contributed by atoms with Crippen molar-refractivity contribution >= 4 is 40.5 Å². The van der Waals surface area contributed by atoms with E-state index < -0.39 is 0 Å². The van der Waals surface area contributed by atoms with Gasteiger partial charge >= 0.3 is 0 Å². The summed E-state index contributed by atoms with van der Waals surface area (Å²) in [6.45, 7) is 5.67. The van der Waals surface area contributed by atoms with Crippen LogP contribution in [0.1, 0.15) is 34.8 Å². The molecule has 0 heterocycles. The summed E-state index contributed by atoms with van der Waals surface area (Å²) in [5.74, 6) is -0.293. The van der Waals surface area contributed by atoms with Crippen LogP contribution in [0.2, 0.25) is 0 Å². The van der Waals surface area contributed by atoms with Crippen molar-refractivity contribution in [3.63, 3.8) is 0 Å². The lowest BCUT2D eigenvalue weighted by Crippen LogP contribution is -2.33. The smallest absolute Gasteiger partial charge is 0.255 e. The topological polar surface area (TPSA) is 70.2 Å². The summed E-state index contributed by atoms with van der Waals surface area (Å²) < 4.78 is 0. The third kappa shape index (κ3) is 5.39. The van der Waals surface area contributed by atoms with Crippen molar-refractivity contribution in [3.8, 4) is 0 Å². The van der Waals surface area contributed by atoms with E-state index in [9.17, 15) is 9.59 Å². The fourth-order valence-corrected chi connectivity index (χ4v) is 2.51. The Morgan fingerprint density at radius 1 is 0.960 bits per heavy atom. The Hall–Kier alpha value is -2.73. The quantitative estimate of drug-likeness (QED) is 0.730. The number of thiocarbonyl (C=S) groups is 1. The predicted octanol–water partition coefficient (Wildman–Crippen LogP) is 3.78. The molecule has 0 spiro atoms. The molecule has 2 amide bonds. The molecule has 2 rings (SSSR count). The predicted molar refractivity (Wildman–Crippen MR) is 105 cm³/mol. The molecule has 0 aliphatic carbocycles. The third-order valence-corrected chi connectivity index (χ3v) is 3.81. The molecule has 0 fully saturated rings. The van der Waals surface area contributed by atoms with Crippen LogP contribution in [0, 0.1) is 13.8 Å². The molecule has 2 aromatic rings. The Balaban J connectivity index is 1.99. The summed E-state index contributed by atoms with van der Waals surface area (Å²) >= 11 is 5.06. The van der Waals surface area contributed by atoms with Crippen molar-refractivity contribution in [3.05, 3.63) is 59.2 Å². The highest BCUT2D eigenvalue weighted by molar-refractivity contribution is 7.80. The lowest BCUT2D eigenvalue weighted by Gasteiger charge is -2.11. The van der Waals surface area contributed by atoms with Gasteiger partial charge in [0.15, 0.2) is 5.11 Å². The minimum atomic E-state index is -0.149. The fourth-order valence-electron chi connectivity index (χ4n) is 2.28. The molecule has 3 N–H and O–H groups in total. The molecule has 0 saturated heterocycles. The van der Waals surface area contributed by atoms with E-state index in [0.717, 1.165) is 16.8 Å². The molecule has 0 atom stereocenters. The molecule has 6 heteroatoms. The summed E-state index contributed by atoms with van der Waals surface area (Å²) in [6, 6.07) is 12.8. The van der Waals surface area contributed by atoms with Gasteiger partial charge < -0.3 is 16.0 Å². The molecule has 0 saturated carbocycles. The number of carbonyl (C=O) groups is 2. The monoisotopic (exact) mass is 355 g/mol. The number of rotatable bonds is 4. The van der Waals surface area contributed by atoms with Crippen LogP contribution in [0.5, 0.6) is 0 Å². The van der Waals surface area contributed by atoms with Crippen molar-refractivity contribution in [2.75, 3.05) is 10.6 Å². The van der Waals surface area contributed by atoms with E-state index in [4.69, 9.17) is 12.2 Å². The van der Waals surface area contributed by atoms with E-state index in [1.54, 1.807) is 31.2 Å². The maximum Gasteiger partial charge on any atom is 0.255 e. The van der Waals surface area contributed by atoms with E-state index in [1.807, 2.05) is 32.0 Å². The van der Waals surface area contributed by atoms with Crippen LogP contribution in [-0.2, 0) is 4.79 Å². The van der Waals surface area contributed by atoms with E-state index in [-0.39, 0.29) is 16.9 Å². The number of carbonyl (C=O) groups excluding carboxylic acids is 2. The lowest BCUT2D eigenvalue weighted by atomic mass is 10.1. The number of hydrogen-bond donors (Lipinski definition) is 3. The number of anilines is 2. The van der Waals surface area contributed by atoms with Gasteiger partial charge in [0.2, 0.25) is 5.91 Å². The van der Waals surface area contributed by atoms with E-state index >= 15 is 0 Å². The van der Waals surface area contributed by atoms with Gasteiger partial charge in [-0.25, -0.2) is 0 Å². The van der Waals surface area contributed by atoms with Crippen LogP contribution in [0.25, 0.3) is 0 Å². The molecule has 0 unspecified atom stereocenters. The number of amides is 2. The Kier molecular flexibility index (Phi) is 6.25. The SMILES string of the molecule is CCC(=O)NC(=S)Nc1ccc(NC(=O)c2ccc(C)cc2C)cc1. The molecular formula is C19H21N3O2S. The number of nitrogens with one attached hydrogen (secondary N) is 3. The second kappa shape index (κ2) is 8.39. The molecule has 25 heavy (non-hydrogen) atoms. The van der Waals surface area contributed by atoms with E-state index in [1.165, 1.54) is 0 Å². The van der Waals surface area contributed by atoms with E-state index in [0.29, 0.717) is 17.7 Å². The summed E-state index contributed by atoms with van der Waals surface area (Å²) in [4.78, 5) is 23.7. The van der Waals surface area contributed by atoms with E-state index in [2.05, 4.69) is 16.0 Å². The lowest BCUT2D eigenvalue weighted by molar-refractivity contribution is -0.119. The molecule has 2 aromatic carbocycles. The number of hydrogen-bond acceptors (Lipinski definition) is 3. The summed E-state index contributed by atoms with van der Waals surface area (Å²) in [6.07, 6.45) is 0.366. The van der Waals surface area contributed by atoms with Crippen LogP contribution in [0.3, 0.4) is 0 Å². The normalized spacial score (nSPS) is 10.0. The van der Waals surface area contributed by atoms with Gasteiger partial charge in [-0.1, -0.05) is 24.6 Å². The first-order valence-corrected chi connectivity index (χ1v) is 8.39. The summed E-state index contributed by atoms with van der Waals surface area (Å²) in [5, 5.41) is 8.61. The Bertz CT molecular complexity index is 801. The fraction of sp³-hybridized carbons (Fsp3) is 0.211. The summed E-state index contributed by atoms with van der Waals surface area (Å²) in [7, 11) is 0. The highest BCUT2D eigenvalue weighted by atomic mass is 32.1. The second-order valence-corrected chi connectivity index (χ2v) is 6.11. The number of benzene rings is 2. The van der Waals surface area contributed by atoms with Crippen molar-refractivity contribution in [1.82, 2.24) is 5.32 Å². The zero-order chi connectivity index (χ0) is 18.4. The first-order chi connectivity index (χ1) is 11.9. The minimum Gasteiger partial charge on any atom is -0.332 e. The maximum absolute atomic E-state index is 12.4. The third-order valence-electron chi connectivity index (χ3n) is 3.60. The van der Waals surface area contributed by atoms with Gasteiger partial charge in [0.1, 0.15) is 0 Å². The van der Waals surface area contributed by atoms with Gasteiger partial charge in [0.05, 0.1) is 0 Å². The largest absolute Gasteiger partial charge is 0.332 e. The maximum atomic E-state index is 12.4. The standard InChI is InChI=1S/C19H21N3O2S/c1-4-17(23)22-19(25)21-15-8-6-14(7-9-15)20-18(24)16-10-5-12(2)11-13(16)3/h5-11H,4H2,1-3H3,(H,20,24)(H2,21,22,23,25). The van der Waals surface area contributed by atoms with Crippen molar-refractivity contribution < 1.29 is 9.59 Å². The molecule has 0 aliphatic rings. The molecule has 0 aromatic heterocycles. The van der Waals surface area contributed by atoms with Crippen LogP contribution in [0.15, 0.2) is 42.5 Å². The molecular weight excluding hydrogens is 334 g/mol. The van der Waals surface area contributed by atoms with Crippen molar-refractivity contribution in [1.29, 1.82) is 0 Å². The Morgan fingerprint density at radius 3 is 2.12 bits per heavy atom. The molecule has 130 valence electrons. The highest BCUT2D eigenvalue weighted by Gasteiger charge is 2.09. The zero-order valence-electron chi connectivity index (χ0n) is 14.5. The summed E-state index contributed by atoms with van der Waals surface area (Å²) in [5.41, 5.74) is 4.12. The zero-order valence-corrected chi connectivity index (χ0v) is 15.3. The molecule has 0 aliphatic heterocycles. The van der Waals surface area contributed by atoms with Crippen LogP contribution in [0.4, 0.5) is 11.4 Å². The first-order valence-electron chi connectivity index (χ1n) is 7.98. The number of aryl methyl sites for hydroxylation is 2. The van der Waals surface area contributed by atoms with Gasteiger partial charge in [-0.05, 0) is 62.0 Å². The van der Waals surface area contributed by atoms with Crippen LogP contribution >= 0.6 is 12.2 Å². The molecule has 0 bridgehead atoms. The Morgan fingerprint density at radius 2 is 1.56 bits per heavy atom. The van der Waals surface area contributed by atoms with Gasteiger partial charge in [-0.15, -0.1) is 0 Å². The minimum absolute atomic E-state index is 0.144. The molecule has 5 nitrogen and oxygen atoms in total. The van der Waals surface area contributed by atoms with Gasteiger partial charge in [-0.3, -0.25) is 9.59 Å². The van der Waals surface area contributed by atoms with Crippen molar-refractivity contribution in [2.24, 2.45) is 0 Å². The second-order valence-electron chi connectivity index (χ2n) is 5.71. The van der Waals surface area contributed by atoms with Crippen LogP contribution in [-0.4, -0.2) is 16.9 Å². The highest BCUT2D eigenvalue weighted by Crippen LogP contribution is 2.16. The average Bonchev–Trinajstić information content (AvgIpc) is 2.56. The Labute approximate surface area is 152 Å². The van der Waals surface area contributed by atoms with Crippen molar-refractivity contribution in [2.45, 2.75) is 27.2 Å². The van der Waals surface area contributed by atoms with Gasteiger partial charge in [-0.2, -0.15) is 0 Å². The van der Waals surface area contributed by atoms with Gasteiger partial charge in [0, 0.05) is 23.4 Å². The van der Waals surface area contributed by atoms with Gasteiger partial charge in [0.25, 0.3) is 5.91 Å². The van der Waals surface area contributed by atoms with Crippen LogP contribution < -0.4 is 16.0 Å². The molecule has 0 radical (unpaired) electrons.